The summed E-state index contributed by atoms with van der Waals surface area (Å²) >= 11 is 5.77. The summed E-state index contributed by atoms with van der Waals surface area (Å²) in [5.74, 6) is -1.18. The molecule has 1 amide bonds. The smallest absolute Gasteiger partial charge is 0.309 e. The molecule has 94 valence electrons. The van der Waals surface area contributed by atoms with E-state index in [1.54, 1.807) is 31.3 Å². The van der Waals surface area contributed by atoms with E-state index in [1.165, 1.54) is 11.9 Å². The number of amides is 1. The van der Waals surface area contributed by atoms with E-state index < -0.39 is 11.7 Å². The van der Waals surface area contributed by atoms with Crippen molar-refractivity contribution < 1.29 is 9.32 Å². The summed E-state index contributed by atoms with van der Waals surface area (Å²) in [4.78, 5) is 24.5. The molecule has 0 N–H and O–H groups in total. The SMILES string of the molecule is CN(C(=O)c1noc(=O)n1C)c1ccc(Cl)cc1. The van der Waals surface area contributed by atoms with E-state index in [4.69, 9.17) is 11.6 Å². The number of nitrogens with zero attached hydrogens (tertiary/aromatic N) is 3. The summed E-state index contributed by atoms with van der Waals surface area (Å²) in [5, 5.41) is 4.01. The maximum atomic E-state index is 12.1. The molecule has 1 aromatic heterocycles. The molecule has 0 unspecified atom stereocenters. The average molecular weight is 268 g/mol. The van der Waals surface area contributed by atoms with Crippen LogP contribution in [0.5, 0.6) is 0 Å². The Hall–Kier alpha value is -2.08. The van der Waals surface area contributed by atoms with Gasteiger partial charge in [0.1, 0.15) is 0 Å². The number of halogens is 1. The largest absolute Gasteiger partial charge is 0.441 e. The lowest BCUT2D eigenvalue weighted by atomic mass is 10.3. The van der Waals surface area contributed by atoms with Crippen molar-refractivity contribution in [2.45, 2.75) is 0 Å². The van der Waals surface area contributed by atoms with Crippen LogP contribution < -0.4 is 10.7 Å². The van der Waals surface area contributed by atoms with Gasteiger partial charge in [0, 0.05) is 24.8 Å². The Bertz CT molecular complexity index is 630. The number of aromatic nitrogens is 2. The van der Waals surface area contributed by atoms with E-state index in [2.05, 4.69) is 9.68 Å². The lowest BCUT2D eigenvalue weighted by Crippen LogP contribution is -2.30. The van der Waals surface area contributed by atoms with Crippen LogP contribution >= 0.6 is 11.6 Å². The van der Waals surface area contributed by atoms with Crippen molar-refractivity contribution in [2.24, 2.45) is 7.05 Å². The van der Waals surface area contributed by atoms with Crippen LogP contribution in [-0.2, 0) is 7.05 Å². The van der Waals surface area contributed by atoms with Crippen molar-refractivity contribution in [3.8, 4) is 0 Å². The van der Waals surface area contributed by atoms with Gasteiger partial charge in [-0.15, -0.1) is 0 Å². The van der Waals surface area contributed by atoms with Crippen LogP contribution in [0.15, 0.2) is 33.6 Å². The van der Waals surface area contributed by atoms with Crippen LogP contribution in [0.3, 0.4) is 0 Å². The fourth-order valence-electron chi connectivity index (χ4n) is 1.41. The summed E-state index contributed by atoms with van der Waals surface area (Å²) in [7, 11) is 2.99. The molecule has 0 saturated carbocycles. The van der Waals surface area contributed by atoms with E-state index in [1.807, 2.05) is 0 Å². The van der Waals surface area contributed by atoms with Gasteiger partial charge in [-0.3, -0.25) is 13.9 Å². The zero-order chi connectivity index (χ0) is 13.3. The molecule has 6 nitrogen and oxygen atoms in total. The molecule has 1 aromatic carbocycles. The number of carbonyl (C=O) groups is 1. The number of hydrogen-bond acceptors (Lipinski definition) is 4. The lowest BCUT2D eigenvalue weighted by Gasteiger charge is -2.15. The minimum atomic E-state index is -0.678. The topological polar surface area (TPSA) is 68.3 Å². The third-order valence-corrected chi connectivity index (χ3v) is 2.76. The second-order valence-electron chi connectivity index (χ2n) is 3.67. The Morgan fingerprint density at radius 3 is 2.50 bits per heavy atom. The molecule has 0 spiro atoms. The van der Waals surface area contributed by atoms with Crippen molar-refractivity contribution in [1.82, 2.24) is 9.72 Å². The van der Waals surface area contributed by atoms with Crippen molar-refractivity contribution in [2.75, 3.05) is 11.9 Å². The minimum Gasteiger partial charge on any atom is -0.309 e. The fourth-order valence-corrected chi connectivity index (χ4v) is 1.53. The van der Waals surface area contributed by atoms with Gasteiger partial charge in [0.15, 0.2) is 0 Å². The highest BCUT2D eigenvalue weighted by atomic mass is 35.5. The normalized spacial score (nSPS) is 10.4. The van der Waals surface area contributed by atoms with Crippen LogP contribution in [0.2, 0.25) is 5.02 Å². The first-order valence-corrected chi connectivity index (χ1v) is 5.45. The summed E-state index contributed by atoms with van der Waals surface area (Å²) in [6, 6.07) is 6.72. The zero-order valence-corrected chi connectivity index (χ0v) is 10.5. The van der Waals surface area contributed by atoms with Crippen LogP contribution in [0.4, 0.5) is 5.69 Å². The fraction of sp³-hybridized carbons (Fsp3) is 0.182. The quantitative estimate of drug-likeness (QED) is 0.822. The predicted octanol–water partition coefficient (Wildman–Crippen LogP) is 1.30. The molecule has 0 saturated heterocycles. The van der Waals surface area contributed by atoms with Crippen LogP contribution in [-0.4, -0.2) is 22.7 Å². The van der Waals surface area contributed by atoms with Gasteiger partial charge >= 0.3 is 5.76 Å². The van der Waals surface area contributed by atoms with Gasteiger partial charge in [-0.25, -0.2) is 4.79 Å². The molecular weight excluding hydrogens is 258 g/mol. The van der Waals surface area contributed by atoms with Gasteiger partial charge in [0.2, 0.25) is 5.82 Å². The van der Waals surface area contributed by atoms with Gasteiger partial charge in [0.25, 0.3) is 5.91 Å². The second kappa shape index (κ2) is 4.66. The molecule has 1 heterocycles. The molecule has 18 heavy (non-hydrogen) atoms. The van der Waals surface area contributed by atoms with Crippen LogP contribution in [0, 0.1) is 0 Å². The van der Waals surface area contributed by atoms with E-state index >= 15 is 0 Å². The number of carbonyl (C=O) groups excluding carboxylic acids is 1. The Morgan fingerprint density at radius 2 is 2.00 bits per heavy atom. The summed E-state index contributed by atoms with van der Waals surface area (Å²) in [5.41, 5.74) is 0.639. The summed E-state index contributed by atoms with van der Waals surface area (Å²) in [6.45, 7) is 0. The Labute approximate surface area is 107 Å². The van der Waals surface area contributed by atoms with Gasteiger partial charge in [-0.05, 0) is 29.4 Å². The summed E-state index contributed by atoms with van der Waals surface area (Å²) in [6.07, 6.45) is 0. The molecule has 0 radical (unpaired) electrons. The van der Waals surface area contributed by atoms with E-state index in [0.717, 1.165) is 4.57 Å². The minimum absolute atomic E-state index is 0.0579. The Balaban J connectivity index is 2.32. The highest BCUT2D eigenvalue weighted by Crippen LogP contribution is 2.17. The molecular formula is C11H10ClN3O3. The highest BCUT2D eigenvalue weighted by Gasteiger charge is 2.20. The summed E-state index contributed by atoms with van der Waals surface area (Å²) < 4.78 is 5.46. The van der Waals surface area contributed by atoms with Crippen molar-refractivity contribution >= 4 is 23.2 Å². The van der Waals surface area contributed by atoms with Gasteiger partial charge in [0.05, 0.1) is 0 Å². The maximum absolute atomic E-state index is 12.1. The van der Waals surface area contributed by atoms with Crippen LogP contribution in [0.1, 0.15) is 10.6 Å². The predicted molar refractivity (Wildman–Crippen MR) is 65.9 cm³/mol. The molecule has 7 heteroatoms. The van der Waals surface area contributed by atoms with Crippen molar-refractivity contribution in [3.05, 3.63) is 45.7 Å². The zero-order valence-electron chi connectivity index (χ0n) is 9.75. The maximum Gasteiger partial charge on any atom is 0.441 e. The first kappa shape index (κ1) is 12.4. The molecule has 0 aliphatic rings. The number of benzene rings is 1. The highest BCUT2D eigenvalue weighted by molar-refractivity contribution is 6.30. The first-order valence-electron chi connectivity index (χ1n) is 5.07. The van der Waals surface area contributed by atoms with Crippen molar-refractivity contribution in [1.29, 1.82) is 0 Å². The average Bonchev–Trinajstić information content (AvgIpc) is 2.69. The molecule has 0 atom stereocenters. The Kier molecular flexibility index (Phi) is 3.20. The van der Waals surface area contributed by atoms with E-state index in [0.29, 0.717) is 10.7 Å². The van der Waals surface area contributed by atoms with E-state index in [9.17, 15) is 9.59 Å². The molecule has 2 rings (SSSR count). The number of rotatable bonds is 2. The molecule has 0 aliphatic heterocycles. The van der Waals surface area contributed by atoms with Gasteiger partial charge in [-0.2, -0.15) is 0 Å². The second-order valence-corrected chi connectivity index (χ2v) is 4.11. The first-order chi connectivity index (χ1) is 8.50. The lowest BCUT2D eigenvalue weighted by molar-refractivity contribution is 0.0977. The Morgan fingerprint density at radius 1 is 1.39 bits per heavy atom. The number of anilines is 1. The molecule has 0 bridgehead atoms. The molecule has 0 fully saturated rings. The van der Waals surface area contributed by atoms with Gasteiger partial charge in [-0.1, -0.05) is 11.6 Å². The van der Waals surface area contributed by atoms with Gasteiger partial charge < -0.3 is 4.90 Å². The number of hydrogen-bond donors (Lipinski definition) is 0. The monoisotopic (exact) mass is 267 g/mol. The van der Waals surface area contributed by atoms with Crippen molar-refractivity contribution in [3.63, 3.8) is 0 Å². The van der Waals surface area contributed by atoms with Crippen LogP contribution in [0.25, 0.3) is 0 Å². The van der Waals surface area contributed by atoms with E-state index in [-0.39, 0.29) is 5.82 Å². The third kappa shape index (κ3) is 2.14. The molecule has 2 aromatic rings. The third-order valence-electron chi connectivity index (χ3n) is 2.51. The molecule has 0 aliphatic carbocycles. The standard InChI is InChI=1S/C11H10ClN3O3/c1-14(8-5-3-7(12)4-6-8)10(16)9-13-18-11(17)15(9)2/h3-6H,1-2H3.